The van der Waals surface area contributed by atoms with Gasteiger partial charge < -0.3 is 14.2 Å². The van der Waals surface area contributed by atoms with Crippen LogP contribution in [0.2, 0.25) is 0 Å². The average Bonchev–Trinajstić information content (AvgIpc) is 3.41. The first kappa shape index (κ1) is 70.8. The number of esters is 3. The van der Waals surface area contributed by atoms with Gasteiger partial charge in [0.1, 0.15) is 13.2 Å². The molecule has 0 aliphatic heterocycles. The van der Waals surface area contributed by atoms with Gasteiger partial charge in [0, 0.05) is 19.3 Å². The second kappa shape index (κ2) is 62.4. The number of carbonyl (C=O) groups is 3. The van der Waals surface area contributed by atoms with E-state index in [9.17, 15) is 14.4 Å². The monoisotopic (exact) mass is 1040 g/mol. The summed E-state index contributed by atoms with van der Waals surface area (Å²) in [6, 6.07) is 0. The smallest absolute Gasteiger partial charge is 0.306 e. The molecule has 0 aromatic carbocycles. The number of unbranched alkanes of at least 4 members (excludes halogenated alkanes) is 24. The summed E-state index contributed by atoms with van der Waals surface area (Å²) in [6.07, 6.45) is 86.5. The molecular formula is C69H114O6. The minimum atomic E-state index is -0.813. The molecule has 0 rings (SSSR count). The lowest BCUT2D eigenvalue weighted by Gasteiger charge is -2.18. The fourth-order valence-corrected chi connectivity index (χ4v) is 8.36. The highest BCUT2D eigenvalue weighted by atomic mass is 16.6. The van der Waals surface area contributed by atoms with E-state index in [4.69, 9.17) is 14.2 Å². The minimum absolute atomic E-state index is 0.105. The van der Waals surface area contributed by atoms with Gasteiger partial charge in [0.25, 0.3) is 0 Å². The lowest BCUT2D eigenvalue weighted by atomic mass is 10.0. The molecule has 0 saturated heterocycles. The topological polar surface area (TPSA) is 78.9 Å². The number of allylic oxidation sites excluding steroid dienone is 20. The van der Waals surface area contributed by atoms with Crippen molar-refractivity contribution in [3.05, 3.63) is 122 Å². The van der Waals surface area contributed by atoms with Gasteiger partial charge >= 0.3 is 17.9 Å². The number of carbonyl (C=O) groups excluding carboxylic acids is 3. The molecule has 75 heavy (non-hydrogen) atoms. The van der Waals surface area contributed by atoms with Crippen LogP contribution in [-0.2, 0) is 28.6 Å². The summed E-state index contributed by atoms with van der Waals surface area (Å²) in [5, 5.41) is 0. The Morgan fingerprint density at radius 3 is 0.907 bits per heavy atom. The Balaban J connectivity index is 4.35. The molecule has 6 heteroatoms. The van der Waals surface area contributed by atoms with Crippen molar-refractivity contribution < 1.29 is 28.6 Å². The molecule has 0 saturated carbocycles. The van der Waals surface area contributed by atoms with E-state index in [1.165, 1.54) is 135 Å². The van der Waals surface area contributed by atoms with E-state index in [1.54, 1.807) is 0 Å². The number of rotatable bonds is 55. The van der Waals surface area contributed by atoms with Crippen molar-refractivity contribution in [1.82, 2.24) is 0 Å². The molecule has 1 unspecified atom stereocenters. The quantitative estimate of drug-likeness (QED) is 0.0261. The molecular weight excluding hydrogens is 925 g/mol. The molecule has 0 aromatic heterocycles. The van der Waals surface area contributed by atoms with Gasteiger partial charge in [-0.25, -0.2) is 0 Å². The highest BCUT2D eigenvalue weighted by Gasteiger charge is 2.19. The largest absolute Gasteiger partial charge is 0.462 e. The normalized spacial score (nSPS) is 12.9. The lowest BCUT2D eigenvalue weighted by molar-refractivity contribution is -0.166. The fraction of sp³-hybridized carbons (Fsp3) is 0.667. The van der Waals surface area contributed by atoms with Crippen LogP contribution in [0.1, 0.15) is 278 Å². The van der Waals surface area contributed by atoms with Gasteiger partial charge in [-0.1, -0.05) is 264 Å². The molecule has 0 aliphatic carbocycles. The van der Waals surface area contributed by atoms with Crippen molar-refractivity contribution >= 4 is 17.9 Å². The Kier molecular flexibility index (Phi) is 58.9. The highest BCUT2D eigenvalue weighted by Crippen LogP contribution is 2.15. The molecule has 0 aliphatic rings. The first-order chi connectivity index (χ1) is 37.0. The molecule has 0 spiro atoms. The van der Waals surface area contributed by atoms with Gasteiger partial charge in [0.2, 0.25) is 0 Å². The van der Waals surface area contributed by atoms with Crippen molar-refractivity contribution in [2.24, 2.45) is 0 Å². The van der Waals surface area contributed by atoms with Gasteiger partial charge in [-0.2, -0.15) is 0 Å². The summed E-state index contributed by atoms with van der Waals surface area (Å²) in [6.45, 7) is 6.35. The molecule has 0 bridgehead atoms. The third kappa shape index (κ3) is 60.6. The van der Waals surface area contributed by atoms with Crippen LogP contribution in [0.4, 0.5) is 0 Å². The molecule has 0 heterocycles. The molecule has 0 amide bonds. The van der Waals surface area contributed by atoms with Crippen LogP contribution in [0, 0.1) is 0 Å². The highest BCUT2D eigenvalue weighted by molar-refractivity contribution is 5.71. The van der Waals surface area contributed by atoms with Crippen LogP contribution in [0.25, 0.3) is 0 Å². The molecule has 0 fully saturated rings. The van der Waals surface area contributed by atoms with Crippen LogP contribution < -0.4 is 0 Å². The SMILES string of the molecule is CC/C=C\C/C=C\C/C=C\C/C=C\C/C=C\CCCCCCCCCCCCCC(=O)OCC(COC(=O)CC/C=C\C/C=C\C/C=C\C/C=C\CC)OC(=O)CCCCCCCCC/C=C\CCCCCCCC. The van der Waals surface area contributed by atoms with Crippen LogP contribution in [-0.4, -0.2) is 37.2 Å². The van der Waals surface area contributed by atoms with Gasteiger partial charge in [-0.05, 0) is 116 Å². The lowest BCUT2D eigenvalue weighted by Crippen LogP contribution is -2.30. The zero-order chi connectivity index (χ0) is 54.3. The van der Waals surface area contributed by atoms with Crippen molar-refractivity contribution in [2.45, 2.75) is 284 Å². The Hall–Kier alpha value is -4.19. The van der Waals surface area contributed by atoms with E-state index in [-0.39, 0.29) is 37.5 Å². The summed E-state index contributed by atoms with van der Waals surface area (Å²) in [4.78, 5) is 38.2. The fourth-order valence-electron chi connectivity index (χ4n) is 8.36. The summed E-state index contributed by atoms with van der Waals surface area (Å²) >= 11 is 0. The predicted octanol–water partition coefficient (Wildman–Crippen LogP) is 21.2. The summed E-state index contributed by atoms with van der Waals surface area (Å²) in [5.41, 5.74) is 0. The standard InChI is InChI=1S/C69H114O6/c1-4-7-10-13-16-19-22-25-27-29-30-31-32-33-34-35-36-37-38-40-41-44-47-50-53-56-59-62-68(71)74-65-66(64-73-67(70)61-58-55-52-49-46-43-24-21-18-15-12-9-6-3)75-69(72)63-60-57-54-51-48-45-42-39-28-26-23-20-17-14-11-8-5-2/h7,9-10,12,16,18-19,21,25-28,30-31,33-34,43,46,52,55,66H,4-6,8,11,13-15,17,20,22-24,29,32,35-42,44-45,47-51,53-54,56-65H2,1-3H3/b10-7-,12-9-,19-16-,21-18-,27-25-,28-26-,31-30-,34-33-,46-43-,55-52-. The minimum Gasteiger partial charge on any atom is -0.462 e. The van der Waals surface area contributed by atoms with Crippen molar-refractivity contribution in [3.8, 4) is 0 Å². The molecule has 0 N–H and O–H groups in total. The molecule has 6 nitrogen and oxygen atoms in total. The van der Waals surface area contributed by atoms with Gasteiger partial charge in [-0.15, -0.1) is 0 Å². The van der Waals surface area contributed by atoms with Crippen LogP contribution in [0.5, 0.6) is 0 Å². The van der Waals surface area contributed by atoms with E-state index >= 15 is 0 Å². The zero-order valence-electron chi connectivity index (χ0n) is 48.8. The van der Waals surface area contributed by atoms with Crippen molar-refractivity contribution in [3.63, 3.8) is 0 Å². The number of hydrogen-bond donors (Lipinski definition) is 0. The van der Waals surface area contributed by atoms with Crippen LogP contribution in [0.3, 0.4) is 0 Å². The summed E-state index contributed by atoms with van der Waals surface area (Å²) in [7, 11) is 0. The second-order valence-electron chi connectivity index (χ2n) is 20.2. The Morgan fingerprint density at radius 1 is 0.280 bits per heavy atom. The maximum Gasteiger partial charge on any atom is 0.306 e. The van der Waals surface area contributed by atoms with E-state index in [2.05, 4.69) is 136 Å². The van der Waals surface area contributed by atoms with Crippen LogP contribution >= 0.6 is 0 Å². The van der Waals surface area contributed by atoms with Crippen molar-refractivity contribution in [1.29, 1.82) is 0 Å². The Morgan fingerprint density at radius 2 is 0.547 bits per heavy atom. The maximum atomic E-state index is 12.9. The third-order valence-corrected chi connectivity index (χ3v) is 12.9. The first-order valence-electron chi connectivity index (χ1n) is 31.0. The molecule has 0 aromatic rings. The van der Waals surface area contributed by atoms with Gasteiger partial charge in [-0.3, -0.25) is 14.4 Å². The molecule has 0 radical (unpaired) electrons. The summed E-state index contributed by atoms with van der Waals surface area (Å²) < 4.78 is 16.8. The van der Waals surface area contributed by atoms with Crippen molar-refractivity contribution in [2.75, 3.05) is 13.2 Å². The second-order valence-corrected chi connectivity index (χ2v) is 20.2. The predicted molar refractivity (Wildman–Crippen MR) is 325 cm³/mol. The number of hydrogen-bond acceptors (Lipinski definition) is 6. The Bertz CT molecular complexity index is 1570. The van der Waals surface area contributed by atoms with E-state index in [0.29, 0.717) is 19.3 Å². The van der Waals surface area contributed by atoms with E-state index in [1.807, 2.05) is 6.08 Å². The molecule has 1 atom stereocenters. The van der Waals surface area contributed by atoms with Crippen LogP contribution in [0.15, 0.2) is 122 Å². The van der Waals surface area contributed by atoms with Gasteiger partial charge in [0.05, 0.1) is 0 Å². The first-order valence-corrected chi connectivity index (χ1v) is 31.0. The average molecular weight is 1040 g/mol. The van der Waals surface area contributed by atoms with E-state index in [0.717, 1.165) is 96.3 Å². The third-order valence-electron chi connectivity index (χ3n) is 12.9. The zero-order valence-corrected chi connectivity index (χ0v) is 48.8. The van der Waals surface area contributed by atoms with E-state index < -0.39 is 6.10 Å². The number of ether oxygens (including phenoxy) is 3. The van der Waals surface area contributed by atoms with Gasteiger partial charge in [0.15, 0.2) is 6.10 Å². The maximum absolute atomic E-state index is 12.9. The summed E-state index contributed by atoms with van der Waals surface area (Å²) in [5.74, 6) is -0.994. The Labute approximate surface area is 462 Å². The molecule has 426 valence electrons.